The van der Waals surface area contributed by atoms with Crippen LogP contribution in [0.25, 0.3) is 0 Å². The van der Waals surface area contributed by atoms with Crippen molar-refractivity contribution in [3.63, 3.8) is 0 Å². The zero-order chi connectivity index (χ0) is 25.7. The van der Waals surface area contributed by atoms with Crippen LogP contribution in [0.2, 0.25) is 0 Å². The monoisotopic (exact) mass is 509 g/mol. The number of anilines is 4. The Morgan fingerprint density at radius 3 is 2.22 bits per heavy atom. The van der Waals surface area contributed by atoms with Crippen molar-refractivity contribution in [3.8, 4) is 0 Å². The van der Waals surface area contributed by atoms with Gasteiger partial charge in [0.05, 0.1) is 0 Å². The molecule has 4 rings (SSSR count). The first-order valence-corrected chi connectivity index (χ1v) is 13.6. The van der Waals surface area contributed by atoms with E-state index in [2.05, 4.69) is 61.5 Å². The molecule has 1 saturated heterocycles. The van der Waals surface area contributed by atoms with Gasteiger partial charge in [-0.1, -0.05) is 24.3 Å². The Labute approximate surface area is 214 Å². The van der Waals surface area contributed by atoms with Crippen LogP contribution in [0.3, 0.4) is 0 Å². The minimum absolute atomic E-state index is 0.220. The van der Waals surface area contributed by atoms with E-state index in [1.807, 2.05) is 31.2 Å². The van der Waals surface area contributed by atoms with E-state index in [-0.39, 0.29) is 6.54 Å². The molecule has 3 aromatic rings. The number of hydrogen-bond acceptors (Lipinski definition) is 7. The van der Waals surface area contributed by atoms with Gasteiger partial charge in [0.1, 0.15) is 5.82 Å². The van der Waals surface area contributed by atoms with Gasteiger partial charge in [0.25, 0.3) is 10.2 Å². The molecule has 0 radical (unpaired) electrons. The Hall–Kier alpha value is -3.05. The highest BCUT2D eigenvalue weighted by Gasteiger charge is 2.18. The molecule has 0 spiro atoms. The van der Waals surface area contributed by atoms with Gasteiger partial charge in [-0.15, -0.1) is 0 Å². The van der Waals surface area contributed by atoms with Crippen molar-refractivity contribution in [2.75, 3.05) is 44.9 Å². The predicted molar refractivity (Wildman–Crippen MR) is 145 cm³/mol. The van der Waals surface area contributed by atoms with Gasteiger partial charge >= 0.3 is 0 Å². The first kappa shape index (κ1) is 26.0. The van der Waals surface area contributed by atoms with Crippen molar-refractivity contribution in [2.24, 2.45) is 0 Å². The van der Waals surface area contributed by atoms with Crippen LogP contribution in [0.15, 0.2) is 54.7 Å². The maximum atomic E-state index is 11.9. The van der Waals surface area contributed by atoms with Crippen molar-refractivity contribution < 1.29 is 8.42 Å². The van der Waals surface area contributed by atoms with E-state index in [0.29, 0.717) is 17.7 Å². The van der Waals surface area contributed by atoms with Crippen molar-refractivity contribution in [1.29, 1.82) is 0 Å². The molecule has 9 nitrogen and oxygen atoms in total. The number of nitrogens with zero attached hydrogens (tertiary/aromatic N) is 4. The molecule has 0 aliphatic carbocycles. The number of hydrogen-bond donors (Lipinski definition) is 3. The topological polar surface area (TPSA) is 102 Å². The minimum atomic E-state index is -3.46. The Kier molecular flexibility index (Phi) is 8.20. The zero-order valence-electron chi connectivity index (χ0n) is 21.3. The van der Waals surface area contributed by atoms with Crippen molar-refractivity contribution in [1.82, 2.24) is 23.9 Å². The predicted octanol–water partition coefficient (Wildman–Crippen LogP) is 3.98. The quantitative estimate of drug-likeness (QED) is 0.401. The molecule has 1 aromatic heterocycles. The lowest BCUT2D eigenvalue weighted by Gasteiger charge is -2.29. The third kappa shape index (κ3) is 6.79. The zero-order valence-corrected chi connectivity index (χ0v) is 22.1. The lowest BCUT2D eigenvalue weighted by atomic mass is 9.89. The van der Waals surface area contributed by atoms with Gasteiger partial charge in [0.2, 0.25) is 5.95 Å². The second kappa shape index (κ2) is 11.3. The van der Waals surface area contributed by atoms with E-state index in [1.54, 1.807) is 6.20 Å². The Balaban J connectivity index is 1.37. The van der Waals surface area contributed by atoms with Gasteiger partial charge in [-0.25, -0.2) is 4.98 Å². The average molecular weight is 510 g/mol. The van der Waals surface area contributed by atoms with Gasteiger partial charge in [-0.2, -0.15) is 22.4 Å². The SMILES string of the molecule is Cc1cnc(Nc2ccc(C3CCN(C)CC3)cc2)nc1Nc1ccc(CNS(=O)(=O)N(C)C)cc1. The number of benzene rings is 2. The maximum Gasteiger partial charge on any atom is 0.279 e. The first-order chi connectivity index (χ1) is 17.2. The van der Waals surface area contributed by atoms with Crippen LogP contribution in [0, 0.1) is 6.92 Å². The molecular formula is C26H35N7O2S. The van der Waals surface area contributed by atoms with E-state index in [4.69, 9.17) is 0 Å². The molecule has 1 aliphatic heterocycles. The molecule has 1 aliphatic rings. The van der Waals surface area contributed by atoms with E-state index in [1.165, 1.54) is 32.5 Å². The third-order valence-corrected chi connectivity index (χ3v) is 7.96. The standard InChI is InChI=1S/C26H35N7O2S/c1-19-17-27-26(30-24-11-7-21(8-12-24)22-13-15-33(4)16-14-22)31-25(19)29-23-9-5-20(6-10-23)18-28-36(34,35)32(2)3/h5-12,17,22,28H,13-16,18H2,1-4H3,(H2,27,29,30,31). The second-order valence-corrected chi connectivity index (χ2v) is 11.4. The van der Waals surface area contributed by atoms with Crippen LogP contribution < -0.4 is 15.4 Å². The summed E-state index contributed by atoms with van der Waals surface area (Å²) in [7, 11) is 1.71. The molecule has 0 saturated carbocycles. The molecule has 0 bridgehead atoms. The van der Waals surface area contributed by atoms with Crippen LogP contribution in [0.5, 0.6) is 0 Å². The summed E-state index contributed by atoms with van der Waals surface area (Å²) in [5, 5.41) is 6.63. The van der Waals surface area contributed by atoms with Crippen LogP contribution in [-0.4, -0.2) is 61.8 Å². The van der Waals surface area contributed by atoms with Crippen molar-refractivity contribution in [2.45, 2.75) is 32.2 Å². The van der Waals surface area contributed by atoms with Gasteiger partial charge in [0, 0.05) is 43.8 Å². The van der Waals surface area contributed by atoms with Gasteiger partial charge < -0.3 is 15.5 Å². The first-order valence-electron chi connectivity index (χ1n) is 12.1. The van der Waals surface area contributed by atoms with Gasteiger partial charge in [0.15, 0.2) is 0 Å². The lowest BCUT2D eigenvalue weighted by molar-refractivity contribution is 0.255. The fraction of sp³-hybridized carbons (Fsp3) is 0.385. The smallest absolute Gasteiger partial charge is 0.279 e. The summed E-state index contributed by atoms with van der Waals surface area (Å²) >= 11 is 0. The van der Waals surface area contributed by atoms with Crippen LogP contribution in [0.4, 0.5) is 23.1 Å². The molecule has 2 aromatic carbocycles. The number of aromatic nitrogens is 2. The van der Waals surface area contributed by atoms with Crippen molar-refractivity contribution in [3.05, 3.63) is 71.4 Å². The van der Waals surface area contributed by atoms with E-state index in [0.717, 1.165) is 39.9 Å². The Bertz CT molecular complexity index is 1250. The summed E-state index contributed by atoms with van der Waals surface area (Å²) in [6.07, 6.45) is 4.19. The Morgan fingerprint density at radius 2 is 1.58 bits per heavy atom. The highest BCUT2D eigenvalue weighted by atomic mass is 32.2. The summed E-state index contributed by atoms with van der Waals surface area (Å²) in [6.45, 7) is 4.47. The fourth-order valence-electron chi connectivity index (χ4n) is 4.08. The highest BCUT2D eigenvalue weighted by Crippen LogP contribution is 2.29. The number of likely N-dealkylation sites (tertiary alicyclic amines) is 1. The third-order valence-electron chi connectivity index (χ3n) is 6.48. The lowest BCUT2D eigenvalue weighted by Crippen LogP contribution is -2.35. The van der Waals surface area contributed by atoms with Gasteiger partial charge in [-0.3, -0.25) is 0 Å². The molecule has 0 amide bonds. The second-order valence-electron chi connectivity index (χ2n) is 9.48. The maximum absolute atomic E-state index is 11.9. The summed E-state index contributed by atoms with van der Waals surface area (Å²) in [5.41, 5.74) is 4.96. The molecule has 10 heteroatoms. The van der Waals surface area contributed by atoms with E-state index in [9.17, 15) is 8.42 Å². The van der Waals surface area contributed by atoms with Crippen LogP contribution in [-0.2, 0) is 16.8 Å². The highest BCUT2D eigenvalue weighted by molar-refractivity contribution is 7.87. The van der Waals surface area contributed by atoms with E-state index < -0.39 is 10.2 Å². The van der Waals surface area contributed by atoms with Crippen LogP contribution in [0.1, 0.15) is 35.4 Å². The molecule has 36 heavy (non-hydrogen) atoms. The van der Waals surface area contributed by atoms with E-state index >= 15 is 0 Å². The summed E-state index contributed by atoms with van der Waals surface area (Å²) in [4.78, 5) is 11.5. The molecule has 3 N–H and O–H groups in total. The molecule has 0 atom stereocenters. The largest absolute Gasteiger partial charge is 0.340 e. The summed E-state index contributed by atoms with van der Waals surface area (Å²) in [5.74, 6) is 1.85. The average Bonchev–Trinajstić information content (AvgIpc) is 2.86. The van der Waals surface area contributed by atoms with Crippen LogP contribution >= 0.6 is 0 Å². The normalized spacial score (nSPS) is 15.2. The number of piperidine rings is 1. The fourth-order valence-corrected chi connectivity index (χ4v) is 4.69. The molecule has 0 unspecified atom stereocenters. The molecular weight excluding hydrogens is 474 g/mol. The molecule has 1 fully saturated rings. The Morgan fingerprint density at radius 1 is 0.972 bits per heavy atom. The van der Waals surface area contributed by atoms with Crippen molar-refractivity contribution >= 4 is 33.4 Å². The summed E-state index contributed by atoms with van der Waals surface area (Å²) in [6, 6.07) is 16.1. The number of aryl methyl sites for hydroxylation is 1. The number of nitrogens with one attached hydrogen (secondary N) is 3. The summed E-state index contributed by atoms with van der Waals surface area (Å²) < 4.78 is 27.5. The molecule has 2 heterocycles. The minimum Gasteiger partial charge on any atom is -0.340 e. The molecule has 192 valence electrons. The van der Waals surface area contributed by atoms with Gasteiger partial charge in [-0.05, 0) is 81.2 Å². The number of rotatable bonds is 9.